The molecule has 0 aliphatic rings. The van der Waals surface area contributed by atoms with Crippen molar-refractivity contribution in [1.82, 2.24) is 28.9 Å². The topological polar surface area (TPSA) is 155 Å². The summed E-state index contributed by atoms with van der Waals surface area (Å²) in [5.74, 6) is -0.158. The van der Waals surface area contributed by atoms with Crippen LogP contribution in [0.15, 0.2) is 41.7 Å². The molecule has 3 N–H and O–H groups in total. The van der Waals surface area contributed by atoms with Gasteiger partial charge in [0.2, 0.25) is 0 Å². The van der Waals surface area contributed by atoms with Gasteiger partial charge in [0.1, 0.15) is 22.8 Å². The smallest absolute Gasteiger partial charge is 0.415 e. The lowest BCUT2D eigenvalue weighted by molar-refractivity contribution is 0.0587. The molecule has 0 unspecified atom stereocenters. The van der Waals surface area contributed by atoms with Gasteiger partial charge < -0.3 is 15.8 Å². The molecule has 4 rings (SSSR count). The number of amides is 2. The van der Waals surface area contributed by atoms with Crippen LogP contribution >= 0.6 is 0 Å². The number of carbonyl (C=O) groups is 2. The van der Waals surface area contributed by atoms with Crippen molar-refractivity contribution < 1.29 is 14.3 Å². The summed E-state index contributed by atoms with van der Waals surface area (Å²) in [6.07, 6.45) is 5.56. The van der Waals surface area contributed by atoms with Crippen molar-refractivity contribution in [1.29, 1.82) is 0 Å². The van der Waals surface area contributed by atoms with Gasteiger partial charge in [0.25, 0.3) is 11.5 Å². The fourth-order valence-electron chi connectivity index (χ4n) is 3.51. The lowest BCUT2D eigenvalue weighted by atomic mass is 10.2. The number of hydrogen-bond donors (Lipinski definition) is 2. The summed E-state index contributed by atoms with van der Waals surface area (Å²) in [5, 5.41) is 11.5. The molecule has 0 saturated carbocycles. The van der Waals surface area contributed by atoms with Crippen LogP contribution in [0.3, 0.4) is 0 Å². The number of aryl methyl sites for hydroxylation is 2. The van der Waals surface area contributed by atoms with Crippen molar-refractivity contribution in [2.75, 3.05) is 17.3 Å². The number of nitrogens with zero attached hydrogens (tertiary/aromatic N) is 7. The summed E-state index contributed by atoms with van der Waals surface area (Å²) >= 11 is 0. The van der Waals surface area contributed by atoms with E-state index in [1.807, 2.05) is 0 Å². The van der Waals surface area contributed by atoms with E-state index in [0.717, 1.165) is 0 Å². The number of anilines is 3. The largest absolute Gasteiger partial charge is 0.443 e. The van der Waals surface area contributed by atoms with Crippen LogP contribution in [0.5, 0.6) is 0 Å². The first kappa shape index (κ1) is 24.4. The number of nitrogens with one attached hydrogen (secondary N) is 1. The Balaban J connectivity index is 1.81. The van der Waals surface area contributed by atoms with Crippen molar-refractivity contribution in [3.05, 3.63) is 58.4 Å². The fraction of sp³-hybridized carbons (Fsp3) is 0.304. The molecule has 0 spiro atoms. The van der Waals surface area contributed by atoms with Crippen molar-refractivity contribution >= 4 is 35.0 Å². The molecule has 13 heteroatoms. The maximum atomic E-state index is 12.8. The van der Waals surface area contributed by atoms with E-state index in [1.54, 1.807) is 70.1 Å². The van der Waals surface area contributed by atoms with Crippen LogP contribution in [-0.2, 0) is 11.8 Å². The van der Waals surface area contributed by atoms with Gasteiger partial charge in [-0.05, 0) is 33.8 Å². The highest BCUT2D eigenvalue weighted by Gasteiger charge is 2.25. The van der Waals surface area contributed by atoms with E-state index in [0.29, 0.717) is 16.9 Å². The SMILES string of the molecule is Cc1cc(Nc2cc(N(C)C(=O)OC(C)(C)C)n3ncc(C(N)=O)c3n2)cn(-c2cnn(C)c2)c1=O. The maximum absolute atomic E-state index is 12.8. The van der Waals surface area contributed by atoms with Crippen molar-refractivity contribution in [2.24, 2.45) is 12.8 Å². The Morgan fingerprint density at radius 3 is 2.47 bits per heavy atom. The monoisotopic (exact) mass is 493 g/mol. The van der Waals surface area contributed by atoms with Gasteiger partial charge in [0, 0.05) is 38.1 Å². The van der Waals surface area contributed by atoms with Crippen LogP contribution in [0.1, 0.15) is 36.7 Å². The minimum atomic E-state index is -0.724. The predicted octanol–water partition coefficient (Wildman–Crippen LogP) is 2.14. The molecule has 36 heavy (non-hydrogen) atoms. The molecule has 13 nitrogen and oxygen atoms in total. The summed E-state index contributed by atoms with van der Waals surface area (Å²) in [4.78, 5) is 43.3. The van der Waals surface area contributed by atoms with E-state index >= 15 is 0 Å². The molecule has 4 heterocycles. The molecule has 0 fully saturated rings. The van der Waals surface area contributed by atoms with Gasteiger partial charge in [-0.2, -0.15) is 14.7 Å². The molecule has 0 bridgehead atoms. The zero-order chi connectivity index (χ0) is 26.4. The predicted molar refractivity (Wildman–Crippen MR) is 133 cm³/mol. The summed E-state index contributed by atoms with van der Waals surface area (Å²) in [5.41, 5.74) is 6.44. The molecule has 0 aliphatic carbocycles. The number of ether oxygens (including phenoxy) is 1. The van der Waals surface area contributed by atoms with Gasteiger partial charge >= 0.3 is 6.09 Å². The number of hydrogen-bond acceptors (Lipinski definition) is 8. The molecule has 4 aromatic heterocycles. The Morgan fingerprint density at radius 2 is 1.86 bits per heavy atom. The Morgan fingerprint density at radius 1 is 1.14 bits per heavy atom. The standard InChI is InChI=1S/C23H27N9O4/c1-13-7-14(11-31(21(13)34)15-9-25-29(5)12-15)27-17-8-18(30(6)22(35)36-23(2,3)4)32-20(28-17)16(10-26-32)19(24)33/h7-12H,1-6H3,(H2,24,33)(H,27,28). The van der Waals surface area contributed by atoms with Gasteiger partial charge in [-0.15, -0.1) is 0 Å². The molecule has 0 atom stereocenters. The van der Waals surface area contributed by atoms with Crippen molar-refractivity contribution in [3.8, 4) is 5.69 Å². The van der Waals surface area contributed by atoms with Crippen LogP contribution in [0.4, 0.5) is 22.1 Å². The molecule has 4 aromatic rings. The van der Waals surface area contributed by atoms with Gasteiger partial charge in [0.15, 0.2) is 5.65 Å². The minimum Gasteiger partial charge on any atom is -0.443 e. The quantitative estimate of drug-likeness (QED) is 0.428. The van der Waals surface area contributed by atoms with Crippen molar-refractivity contribution in [3.63, 3.8) is 0 Å². The summed E-state index contributed by atoms with van der Waals surface area (Å²) < 4.78 is 9.87. The highest BCUT2D eigenvalue weighted by molar-refractivity contribution is 5.99. The normalized spacial score (nSPS) is 11.5. The average molecular weight is 494 g/mol. The van der Waals surface area contributed by atoms with Crippen molar-refractivity contribution in [2.45, 2.75) is 33.3 Å². The zero-order valence-corrected chi connectivity index (χ0v) is 20.8. The van der Waals surface area contributed by atoms with Gasteiger partial charge in [-0.3, -0.25) is 23.7 Å². The molecule has 0 aromatic carbocycles. The molecule has 0 saturated heterocycles. The van der Waals surface area contributed by atoms with Crippen LogP contribution in [0.25, 0.3) is 11.3 Å². The Bertz CT molecular complexity index is 1540. The maximum Gasteiger partial charge on any atom is 0.415 e. The first-order valence-electron chi connectivity index (χ1n) is 11.0. The fourth-order valence-corrected chi connectivity index (χ4v) is 3.51. The lowest BCUT2D eigenvalue weighted by Crippen LogP contribution is -2.35. The molecular weight excluding hydrogens is 466 g/mol. The van der Waals surface area contributed by atoms with E-state index in [2.05, 4.69) is 20.5 Å². The average Bonchev–Trinajstić information content (AvgIpc) is 3.40. The highest BCUT2D eigenvalue weighted by atomic mass is 16.6. The molecule has 2 amide bonds. The number of pyridine rings is 1. The number of fused-ring (bicyclic) bond motifs is 1. The third-order valence-corrected chi connectivity index (χ3v) is 5.17. The molecule has 188 valence electrons. The highest BCUT2D eigenvalue weighted by Crippen LogP contribution is 2.25. The van der Waals surface area contributed by atoms with E-state index in [1.165, 1.54) is 27.2 Å². The number of carbonyl (C=O) groups excluding carboxylic acids is 2. The third-order valence-electron chi connectivity index (χ3n) is 5.17. The lowest BCUT2D eigenvalue weighted by Gasteiger charge is -2.25. The Hall–Kier alpha value is -4.68. The second-order valence-electron chi connectivity index (χ2n) is 9.28. The first-order chi connectivity index (χ1) is 16.8. The first-order valence-corrected chi connectivity index (χ1v) is 11.0. The van der Waals surface area contributed by atoms with E-state index in [9.17, 15) is 14.4 Å². The number of nitrogens with two attached hydrogens (primary N) is 1. The third kappa shape index (κ3) is 4.76. The summed E-state index contributed by atoms with van der Waals surface area (Å²) in [7, 11) is 3.28. The Kier molecular flexibility index (Phi) is 6.00. The second-order valence-corrected chi connectivity index (χ2v) is 9.28. The summed E-state index contributed by atoms with van der Waals surface area (Å²) in [6.45, 7) is 6.96. The Labute approximate surface area is 206 Å². The van der Waals surface area contributed by atoms with Gasteiger partial charge in [-0.25, -0.2) is 9.78 Å². The summed E-state index contributed by atoms with van der Waals surface area (Å²) in [6, 6.07) is 3.24. The number of rotatable bonds is 5. The number of primary amides is 1. The van der Waals surface area contributed by atoms with Gasteiger partial charge in [-0.1, -0.05) is 0 Å². The van der Waals surface area contributed by atoms with Crippen LogP contribution in [0.2, 0.25) is 0 Å². The van der Waals surface area contributed by atoms with Crippen LogP contribution in [0, 0.1) is 6.92 Å². The van der Waals surface area contributed by atoms with Crippen LogP contribution < -0.4 is 21.5 Å². The second kappa shape index (κ2) is 8.83. The molecule has 0 aliphatic heterocycles. The molecule has 0 radical (unpaired) electrons. The van der Waals surface area contributed by atoms with Crippen LogP contribution in [-0.4, -0.2) is 53.6 Å². The number of aromatic nitrogens is 6. The van der Waals surface area contributed by atoms with E-state index < -0.39 is 17.6 Å². The zero-order valence-electron chi connectivity index (χ0n) is 20.8. The van der Waals surface area contributed by atoms with E-state index in [4.69, 9.17) is 10.5 Å². The minimum absolute atomic E-state index is 0.0778. The van der Waals surface area contributed by atoms with E-state index in [-0.39, 0.29) is 28.4 Å². The van der Waals surface area contributed by atoms with Gasteiger partial charge in [0.05, 0.1) is 23.8 Å². The molecular formula is C23H27N9O4.